The molecule has 0 saturated carbocycles. The fourth-order valence-electron chi connectivity index (χ4n) is 2.04. The number of fused-ring (bicyclic) bond motifs is 1. The van der Waals surface area contributed by atoms with E-state index in [-0.39, 0.29) is 25.0 Å². The van der Waals surface area contributed by atoms with Crippen molar-refractivity contribution in [3.8, 4) is 11.5 Å². The third-order valence-corrected chi connectivity index (χ3v) is 4.78. The topological polar surface area (TPSA) is 93.7 Å². The van der Waals surface area contributed by atoms with Gasteiger partial charge in [0.1, 0.15) is 0 Å². The summed E-state index contributed by atoms with van der Waals surface area (Å²) in [6, 6.07) is 4.57. The van der Waals surface area contributed by atoms with Crippen LogP contribution in [0.1, 0.15) is 25.8 Å². The molecular formula is C14H20N2O5S. The minimum atomic E-state index is -3.41. The molecule has 0 unspecified atom stereocenters. The lowest BCUT2D eigenvalue weighted by Crippen LogP contribution is -2.45. The van der Waals surface area contributed by atoms with Crippen molar-refractivity contribution in [2.45, 2.75) is 32.9 Å². The Morgan fingerprint density at radius 3 is 2.77 bits per heavy atom. The van der Waals surface area contributed by atoms with Crippen molar-refractivity contribution in [3.05, 3.63) is 23.8 Å². The summed E-state index contributed by atoms with van der Waals surface area (Å²) in [5.74, 6) is 0.948. The molecule has 0 fully saturated rings. The molecule has 122 valence electrons. The van der Waals surface area contributed by atoms with Crippen LogP contribution in [0.2, 0.25) is 0 Å². The van der Waals surface area contributed by atoms with E-state index < -0.39 is 16.1 Å². The zero-order chi connectivity index (χ0) is 16.2. The number of hydrogen-bond acceptors (Lipinski definition) is 5. The molecular weight excluding hydrogens is 308 g/mol. The summed E-state index contributed by atoms with van der Waals surface area (Å²) < 4.78 is 36.1. The van der Waals surface area contributed by atoms with Crippen LogP contribution in [0.15, 0.2) is 18.2 Å². The predicted octanol–water partition coefficient (Wildman–Crippen LogP) is 0.749. The number of ether oxygens (including phenoxy) is 2. The van der Waals surface area contributed by atoms with Crippen LogP contribution in [0, 0.1) is 0 Å². The van der Waals surface area contributed by atoms with E-state index in [9.17, 15) is 13.2 Å². The van der Waals surface area contributed by atoms with E-state index in [2.05, 4.69) is 10.0 Å². The molecule has 1 aromatic rings. The summed E-state index contributed by atoms with van der Waals surface area (Å²) in [5.41, 5.74) is 0.848. The third-order valence-electron chi connectivity index (χ3n) is 3.13. The Morgan fingerprint density at radius 1 is 1.32 bits per heavy atom. The van der Waals surface area contributed by atoms with Crippen LogP contribution in [0.3, 0.4) is 0 Å². The Morgan fingerprint density at radius 2 is 2.05 bits per heavy atom. The van der Waals surface area contributed by atoms with Crippen molar-refractivity contribution in [1.82, 2.24) is 10.0 Å². The highest BCUT2D eigenvalue weighted by molar-refractivity contribution is 7.89. The number of carbonyl (C=O) groups excluding carboxylic acids is 1. The van der Waals surface area contributed by atoms with Crippen molar-refractivity contribution in [1.29, 1.82) is 0 Å². The van der Waals surface area contributed by atoms with Crippen molar-refractivity contribution < 1.29 is 22.7 Å². The van der Waals surface area contributed by atoms with Crippen LogP contribution in [-0.4, -0.2) is 32.9 Å². The number of nitrogens with one attached hydrogen (secondary N) is 2. The minimum Gasteiger partial charge on any atom is -0.454 e. The van der Waals surface area contributed by atoms with Gasteiger partial charge < -0.3 is 14.8 Å². The van der Waals surface area contributed by atoms with Gasteiger partial charge in [0.05, 0.1) is 11.8 Å². The molecule has 1 atom stereocenters. The maximum absolute atomic E-state index is 11.9. The highest BCUT2D eigenvalue weighted by Gasteiger charge is 2.19. The molecule has 22 heavy (non-hydrogen) atoms. The smallest absolute Gasteiger partial charge is 0.238 e. The summed E-state index contributed by atoms with van der Waals surface area (Å²) in [6.45, 7) is 3.77. The summed E-state index contributed by atoms with van der Waals surface area (Å²) in [5, 5.41) is 2.69. The highest BCUT2D eigenvalue weighted by Crippen LogP contribution is 2.32. The van der Waals surface area contributed by atoms with Crippen molar-refractivity contribution in [2.75, 3.05) is 12.5 Å². The van der Waals surface area contributed by atoms with E-state index in [1.54, 1.807) is 19.1 Å². The van der Waals surface area contributed by atoms with Gasteiger partial charge >= 0.3 is 0 Å². The van der Waals surface area contributed by atoms with Gasteiger partial charge in [0.15, 0.2) is 11.5 Å². The lowest BCUT2D eigenvalue weighted by Gasteiger charge is -2.14. The standard InChI is InChI=1S/C14H20N2O5S/c1-3-6-22(18,19)16-10(2)14(17)15-8-11-4-5-12-13(7-11)21-9-20-12/h4-5,7,10,16H,3,6,8-9H2,1-2H3,(H,15,17)/t10-/m0/s1. The molecule has 0 aromatic heterocycles. The first kappa shape index (κ1) is 16.6. The average molecular weight is 328 g/mol. The fourth-order valence-corrected chi connectivity index (χ4v) is 3.34. The van der Waals surface area contributed by atoms with Crippen LogP contribution in [0.5, 0.6) is 11.5 Å². The first-order chi connectivity index (χ1) is 10.4. The zero-order valence-electron chi connectivity index (χ0n) is 12.6. The quantitative estimate of drug-likeness (QED) is 0.770. The van der Waals surface area contributed by atoms with Gasteiger partial charge in [-0.25, -0.2) is 13.1 Å². The maximum Gasteiger partial charge on any atom is 0.238 e. The molecule has 8 heteroatoms. The van der Waals surface area contributed by atoms with Crippen molar-refractivity contribution in [2.24, 2.45) is 0 Å². The van der Waals surface area contributed by atoms with Crippen LogP contribution < -0.4 is 19.5 Å². The van der Waals surface area contributed by atoms with Gasteiger partial charge in [0.2, 0.25) is 22.7 Å². The van der Waals surface area contributed by atoms with Crippen LogP contribution in [0.25, 0.3) is 0 Å². The first-order valence-corrected chi connectivity index (χ1v) is 8.73. The normalized spacial score (nSPS) is 14.6. The summed E-state index contributed by atoms with van der Waals surface area (Å²) >= 11 is 0. The van der Waals surface area contributed by atoms with Crippen LogP contribution in [0.4, 0.5) is 0 Å². The number of sulfonamides is 1. The number of benzene rings is 1. The first-order valence-electron chi connectivity index (χ1n) is 7.07. The molecule has 7 nitrogen and oxygen atoms in total. The molecule has 2 rings (SSSR count). The minimum absolute atomic E-state index is 0.00673. The van der Waals surface area contributed by atoms with Gasteiger partial charge in [-0.2, -0.15) is 0 Å². The molecule has 1 amide bonds. The second-order valence-electron chi connectivity index (χ2n) is 5.06. The molecule has 0 saturated heterocycles. The van der Waals surface area contributed by atoms with E-state index in [1.807, 2.05) is 6.07 Å². The van der Waals surface area contributed by atoms with E-state index in [1.165, 1.54) is 6.92 Å². The Bertz CT molecular complexity index is 645. The lowest BCUT2D eigenvalue weighted by molar-refractivity contribution is -0.122. The molecule has 1 heterocycles. The van der Waals surface area contributed by atoms with Gasteiger partial charge in [-0.3, -0.25) is 4.79 Å². The maximum atomic E-state index is 11.9. The number of carbonyl (C=O) groups is 1. The number of rotatable bonds is 7. The summed E-state index contributed by atoms with van der Waals surface area (Å²) in [7, 11) is -3.41. The molecule has 2 N–H and O–H groups in total. The van der Waals surface area contributed by atoms with E-state index in [4.69, 9.17) is 9.47 Å². The fraction of sp³-hybridized carbons (Fsp3) is 0.500. The molecule has 1 aromatic carbocycles. The SMILES string of the molecule is CCCS(=O)(=O)N[C@@H](C)C(=O)NCc1ccc2c(c1)OCO2. The molecule has 0 radical (unpaired) electrons. The third kappa shape index (κ3) is 4.35. The lowest BCUT2D eigenvalue weighted by atomic mass is 10.2. The average Bonchev–Trinajstić information content (AvgIpc) is 2.91. The summed E-state index contributed by atoms with van der Waals surface area (Å²) in [6.07, 6.45) is 0.501. The van der Waals surface area contributed by atoms with Gasteiger partial charge in [-0.1, -0.05) is 13.0 Å². The Hall–Kier alpha value is -1.80. The molecule has 0 bridgehead atoms. The zero-order valence-corrected chi connectivity index (χ0v) is 13.4. The van der Waals surface area contributed by atoms with Crippen LogP contribution in [-0.2, 0) is 21.4 Å². The van der Waals surface area contributed by atoms with Gasteiger partial charge in [-0.05, 0) is 31.0 Å². The second-order valence-corrected chi connectivity index (χ2v) is 6.94. The van der Waals surface area contributed by atoms with Gasteiger partial charge in [0.25, 0.3) is 0 Å². The Labute approximate surface area is 130 Å². The molecule has 0 aliphatic carbocycles. The second kappa shape index (κ2) is 6.97. The monoisotopic (exact) mass is 328 g/mol. The van der Waals surface area contributed by atoms with Gasteiger partial charge in [-0.15, -0.1) is 0 Å². The molecule has 1 aliphatic heterocycles. The predicted molar refractivity (Wildman–Crippen MR) is 81.1 cm³/mol. The van der Waals surface area contributed by atoms with E-state index in [0.717, 1.165) is 5.56 Å². The van der Waals surface area contributed by atoms with Crippen LogP contribution >= 0.6 is 0 Å². The largest absolute Gasteiger partial charge is 0.454 e. The summed E-state index contributed by atoms with van der Waals surface area (Å²) in [4.78, 5) is 11.9. The van der Waals surface area contributed by atoms with E-state index >= 15 is 0 Å². The molecule has 0 spiro atoms. The van der Waals surface area contributed by atoms with Crippen molar-refractivity contribution >= 4 is 15.9 Å². The van der Waals surface area contributed by atoms with Crippen molar-refractivity contribution in [3.63, 3.8) is 0 Å². The Balaban J connectivity index is 1.87. The van der Waals surface area contributed by atoms with Gasteiger partial charge in [0, 0.05) is 6.54 Å². The highest BCUT2D eigenvalue weighted by atomic mass is 32.2. The Kier molecular flexibility index (Phi) is 5.25. The number of amides is 1. The number of hydrogen-bond donors (Lipinski definition) is 2. The van der Waals surface area contributed by atoms with E-state index in [0.29, 0.717) is 17.9 Å². The molecule has 1 aliphatic rings.